The minimum absolute atomic E-state index is 0.113. The number of aromatic hydroxyl groups is 1. The Bertz CT molecular complexity index is 356. The number of para-hydroxylation sites is 1. The fraction of sp³-hybridized carbons (Fsp3) is 0.455. The van der Waals surface area contributed by atoms with Gasteiger partial charge in [0.15, 0.2) is 0 Å². The average Bonchev–Trinajstić information content (AvgIpc) is 2.24. The summed E-state index contributed by atoms with van der Waals surface area (Å²) in [5.74, 6) is -3.01. The highest BCUT2D eigenvalue weighted by Crippen LogP contribution is 2.21. The molecule has 0 aromatic heterocycles. The lowest BCUT2D eigenvalue weighted by atomic mass is 10.1. The van der Waals surface area contributed by atoms with Gasteiger partial charge in [-0.15, -0.1) is 0 Å². The SMILES string of the molecule is Cc1cccc(CNCC(F)(F)CO)c1O. The van der Waals surface area contributed by atoms with E-state index in [1.54, 1.807) is 25.1 Å². The topological polar surface area (TPSA) is 52.5 Å². The molecular formula is C11H15F2NO2. The maximum Gasteiger partial charge on any atom is 0.282 e. The monoisotopic (exact) mass is 231 g/mol. The molecule has 0 saturated carbocycles. The van der Waals surface area contributed by atoms with Crippen LogP contribution in [0.15, 0.2) is 18.2 Å². The first-order chi connectivity index (χ1) is 7.46. The van der Waals surface area contributed by atoms with E-state index in [4.69, 9.17) is 5.11 Å². The number of aliphatic hydroxyl groups is 1. The molecule has 0 aliphatic carbocycles. The van der Waals surface area contributed by atoms with Crippen LogP contribution in [0.25, 0.3) is 0 Å². The fourth-order valence-corrected chi connectivity index (χ4v) is 1.30. The second-order valence-electron chi connectivity index (χ2n) is 3.70. The van der Waals surface area contributed by atoms with Gasteiger partial charge in [-0.3, -0.25) is 0 Å². The molecule has 0 heterocycles. The van der Waals surface area contributed by atoms with Crippen molar-refractivity contribution in [3.63, 3.8) is 0 Å². The van der Waals surface area contributed by atoms with Crippen molar-refractivity contribution >= 4 is 0 Å². The summed E-state index contributed by atoms with van der Waals surface area (Å²) in [6.07, 6.45) is 0. The number of phenolic OH excluding ortho intramolecular Hbond substituents is 1. The molecule has 1 rings (SSSR count). The molecule has 16 heavy (non-hydrogen) atoms. The van der Waals surface area contributed by atoms with Crippen LogP contribution in [0, 0.1) is 6.92 Å². The summed E-state index contributed by atoms with van der Waals surface area (Å²) < 4.78 is 25.3. The van der Waals surface area contributed by atoms with E-state index >= 15 is 0 Å². The summed E-state index contributed by atoms with van der Waals surface area (Å²) >= 11 is 0. The number of aryl methyl sites for hydroxylation is 1. The van der Waals surface area contributed by atoms with Gasteiger partial charge in [0.05, 0.1) is 6.54 Å². The standard InChI is InChI=1S/C11H15F2NO2/c1-8-3-2-4-9(10(8)16)5-14-6-11(12,13)7-15/h2-4,14-16H,5-7H2,1H3. The molecule has 0 bridgehead atoms. The van der Waals surface area contributed by atoms with E-state index in [0.29, 0.717) is 11.1 Å². The van der Waals surface area contributed by atoms with Crippen LogP contribution in [0.1, 0.15) is 11.1 Å². The van der Waals surface area contributed by atoms with E-state index in [1.165, 1.54) is 0 Å². The first-order valence-corrected chi connectivity index (χ1v) is 4.93. The van der Waals surface area contributed by atoms with Crippen LogP contribution in [-0.2, 0) is 6.54 Å². The molecule has 0 unspecified atom stereocenters. The first-order valence-electron chi connectivity index (χ1n) is 4.93. The summed E-state index contributed by atoms with van der Waals surface area (Å²) in [6.45, 7) is 0.0843. The molecule has 0 spiro atoms. The Labute approximate surface area is 92.7 Å². The molecule has 0 fully saturated rings. The van der Waals surface area contributed by atoms with Gasteiger partial charge in [0, 0.05) is 12.1 Å². The number of phenols is 1. The number of hydrogen-bond acceptors (Lipinski definition) is 3. The van der Waals surface area contributed by atoms with Crippen molar-refractivity contribution in [2.75, 3.05) is 13.2 Å². The molecular weight excluding hydrogens is 216 g/mol. The van der Waals surface area contributed by atoms with Gasteiger partial charge in [0.1, 0.15) is 12.4 Å². The number of benzene rings is 1. The second kappa shape index (κ2) is 5.23. The minimum Gasteiger partial charge on any atom is -0.507 e. The van der Waals surface area contributed by atoms with Crippen molar-refractivity contribution in [3.8, 4) is 5.75 Å². The molecule has 0 aliphatic rings. The lowest BCUT2D eigenvalue weighted by molar-refractivity contribution is -0.0478. The summed E-state index contributed by atoms with van der Waals surface area (Å²) in [5.41, 5.74) is 1.27. The van der Waals surface area contributed by atoms with Crippen molar-refractivity contribution in [3.05, 3.63) is 29.3 Å². The first kappa shape index (κ1) is 12.9. The number of alkyl halides is 2. The normalized spacial score (nSPS) is 11.8. The van der Waals surface area contributed by atoms with Gasteiger partial charge in [-0.1, -0.05) is 18.2 Å². The van der Waals surface area contributed by atoms with Crippen molar-refractivity contribution in [2.45, 2.75) is 19.4 Å². The zero-order valence-corrected chi connectivity index (χ0v) is 9.00. The molecule has 0 aliphatic heterocycles. The van der Waals surface area contributed by atoms with E-state index in [1.807, 2.05) is 0 Å². The maximum absolute atomic E-state index is 12.7. The number of rotatable bonds is 5. The van der Waals surface area contributed by atoms with Gasteiger partial charge in [-0.2, -0.15) is 0 Å². The van der Waals surface area contributed by atoms with E-state index < -0.39 is 19.1 Å². The Morgan fingerprint density at radius 1 is 1.38 bits per heavy atom. The van der Waals surface area contributed by atoms with Gasteiger partial charge in [-0.25, -0.2) is 8.78 Å². The van der Waals surface area contributed by atoms with Crippen LogP contribution in [0.5, 0.6) is 5.75 Å². The van der Waals surface area contributed by atoms with Crippen LogP contribution >= 0.6 is 0 Å². The third-order valence-electron chi connectivity index (χ3n) is 2.25. The zero-order valence-electron chi connectivity index (χ0n) is 9.00. The molecule has 0 saturated heterocycles. The predicted molar refractivity (Wildman–Crippen MR) is 56.6 cm³/mol. The Hall–Kier alpha value is -1.20. The molecule has 3 nitrogen and oxygen atoms in total. The van der Waals surface area contributed by atoms with Crippen LogP contribution in [0.2, 0.25) is 0 Å². The Morgan fingerprint density at radius 2 is 2.06 bits per heavy atom. The van der Waals surface area contributed by atoms with Crippen LogP contribution in [-0.4, -0.2) is 29.3 Å². The highest BCUT2D eigenvalue weighted by atomic mass is 19.3. The lowest BCUT2D eigenvalue weighted by Crippen LogP contribution is -2.35. The van der Waals surface area contributed by atoms with Gasteiger partial charge >= 0.3 is 0 Å². The summed E-state index contributed by atoms with van der Waals surface area (Å²) in [5, 5.41) is 20.4. The van der Waals surface area contributed by atoms with E-state index in [-0.39, 0.29) is 12.3 Å². The minimum atomic E-state index is -3.13. The highest BCUT2D eigenvalue weighted by molar-refractivity contribution is 5.39. The molecule has 3 N–H and O–H groups in total. The number of nitrogens with one attached hydrogen (secondary N) is 1. The third kappa shape index (κ3) is 3.43. The van der Waals surface area contributed by atoms with Crippen LogP contribution < -0.4 is 5.32 Å². The summed E-state index contributed by atoms with van der Waals surface area (Å²) in [7, 11) is 0. The van der Waals surface area contributed by atoms with E-state index in [2.05, 4.69) is 5.32 Å². The molecule has 0 amide bonds. The summed E-state index contributed by atoms with van der Waals surface area (Å²) in [4.78, 5) is 0. The molecule has 1 aromatic rings. The number of hydrogen-bond donors (Lipinski definition) is 3. The van der Waals surface area contributed by atoms with Gasteiger partial charge in [0.2, 0.25) is 0 Å². The van der Waals surface area contributed by atoms with Gasteiger partial charge < -0.3 is 15.5 Å². The fourth-order valence-electron chi connectivity index (χ4n) is 1.30. The average molecular weight is 231 g/mol. The molecule has 5 heteroatoms. The Morgan fingerprint density at radius 3 is 2.69 bits per heavy atom. The van der Waals surface area contributed by atoms with Crippen molar-refractivity contribution in [2.24, 2.45) is 0 Å². The van der Waals surface area contributed by atoms with Crippen molar-refractivity contribution in [1.82, 2.24) is 5.32 Å². The van der Waals surface area contributed by atoms with Crippen molar-refractivity contribution < 1.29 is 19.0 Å². The van der Waals surface area contributed by atoms with Crippen LogP contribution in [0.3, 0.4) is 0 Å². The molecule has 0 atom stereocenters. The van der Waals surface area contributed by atoms with E-state index in [9.17, 15) is 13.9 Å². The third-order valence-corrected chi connectivity index (χ3v) is 2.25. The molecule has 1 aromatic carbocycles. The summed E-state index contributed by atoms with van der Waals surface area (Å²) in [6, 6.07) is 5.14. The largest absolute Gasteiger partial charge is 0.507 e. The van der Waals surface area contributed by atoms with Gasteiger partial charge in [0.25, 0.3) is 5.92 Å². The van der Waals surface area contributed by atoms with Crippen molar-refractivity contribution in [1.29, 1.82) is 0 Å². The Kier molecular flexibility index (Phi) is 4.20. The second-order valence-corrected chi connectivity index (χ2v) is 3.70. The number of halogens is 2. The van der Waals surface area contributed by atoms with Crippen LogP contribution in [0.4, 0.5) is 8.78 Å². The predicted octanol–water partition coefficient (Wildman–Crippen LogP) is 1.42. The zero-order chi connectivity index (χ0) is 12.2. The number of aliphatic hydroxyl groups excluding tert-OH is 1. The highest BCUT2D eigenvalue weighted by Gasteiger charge is 2.26. The van der Waals surface area contributed by atoms with Gasteiger partial charge in [-0.05, 0) is 12.5 Å². The van der Waals surface area contributed by atoms with E-state index in [0.717, 1.165) is 0 Å². The lowest BCUT2D eigenvalue weighted by Gasteiger charge is -2.14. The quantitative estimate of drug-likeness (QED) is 0.718. The maximum atomic E-state index is 12.7. The molecule has 90 valence electrons. The smallest absolute Gasteiger partial charge is 0.282 e. The Balaban J connectivity index is 2.53. The molecule has 0 radical (unpaired) electrons.